The molecule has 0 aliphatic rings. The average Bonchev–Trinajstić information content (AvgIpc) is 3.37. The Labute approximate surface area is 229 Å². The van der Waals surface area contributed by atoms with E-state index in [1.807, 2.05) is 19.1 Å². The average molecular weight is 605 g/mol. The van der Waals surface area contributed by atoms with Gasteiger partial charge in [0.1, 0.15) is 11.4 Å². The number of aromatic nitrogens is 5. The van der Waals surface area contributed by atoms with Crippen LogP contribution in [0.1, 0.15) is 28.0 Å². The molecule has 4 N–H and O–H groups in total. The number of rotatable bonds is 9. The zero-order valence-corrected chi connectivity index (χ0v) is 22.4. The van der Waals surface area contributed by atoms with Gasteiger partial charge in [0.05, 0.1) is 23.3 Å². The number of aryl methyl sites for hydroxylation is 2. The number of anilines is 4. The highest BCUT2D eigenvalue weighted by Crippen LogP contribution is 2.36. The number of carbonyl (C=O) groups is 1. The highest BCUT2D eigenvalue weighted by molar-refractivity contribution is 9.10. The lowest BCUT2D eigenvalue weighted by molar-refractivity contribution is -0.137. The van der Waals surface area contributed by atoms with Crippen LogP contribution in [-0.4, -0.2) is 49.4 Å². The van der Waals surface area contributed by atoms with Gasteiger partial charge in [0.2, 0.25) is 5.95 Å². The molecule has 0 radical (unpaired) electrons. The first-order valence-electron chi connectivity index (χ1n) is 11.7. The molecule has 0 fully saturated rings. The number of aliphatic hydroxyl groups excluding tert-OH is 1. The summed E-state index contributed by atoms with van der Waals surface area (Å²) in [4.78, 5) is 25.0. The van der Waals surface area contributed by atoms with Crippen LogP contribution in [-0.2, 0) is 12.7 Å². The predicted molar refractivity (Wildman–Crippen MR) is 143 cm³/mol. The molecule has 0 aliphatic carbocycles. The Kier molecular flexibility index (Phi) is 8.45. The van der Waals surface area contributed by atoms with Gasteiger partial charge in [-0.05, 0) is 59.1 Å². The van der Waals surface area contributed by atoms with E-state index in [1.165, 1.54) is 13.1 Å². The van der Waals surface area contributed by atoms with Crippen molar-refractivity contribution in [1.29, 1.82) is 0 Å². The summed E-state index contributed by atoms with van der Waals surface area (Å²) in [6, 6.07) is 8.41. The van der Waals surface area contributed by atoms with Crippen LogP contribution in [0.4, 0.5) is 36.3 Å². The number of hydrogen-bond donors (Lipinski definition) is 4. The molecule has 14 heteroatoms. The second-order valence-electron chi connectivity index (χ2n) is 8.43. The molecule has 10 nitrogen and oxygen atoms in total. The first-order valence-corrected chi connectivity index (χ1v) is 12.5. The molecular weight excluding hydrogens is 581 g/mol. The van der Waals surface area contributed by atoms with Gasteiger partial charge in [0.25, 0.3) is 5.91 Å². The van der Waals surface area contributed by atoms with Gasteiger partial charge >= 0.3 is 6.18 Å². The van der Waals surface area contributed by atoms with Gasteiger partial charge in [-0.3, -0.25) is 9.48 Å². The summed E-state index contributed by atoms with van der Waals surface area (Å²) >= 11 is 3.41. The Morgan fingerprint density at radius 3 is 2.56 bits per heavy atom. The van der Waals surface area contributed by atoms with E-state index in [0.29, 0.717) is 40.6 Å². The minimum Gasteiger partial charge on any atom is -0.396 e. The van der Waals surface area contributed by atoms with E-state index in [4.69, 9.17) is 5.11 Å². The van der Waals surface area contributed by atoms with E-state index in [2.05, 4.69) is 51.9 Å². The molecule has 0 unspecified atom stereocenters. The maximum Gasteiger partial charge on any atom is 0.421 e. The first kappa shape index (κ1) is 28.0. The van der Waals surface area contributed by atoms with Crippen molar-refractivity contribution in [2.45, 2.75) is 26.1 Å². The Morgan fingerprint density at radius 2 is 1.87 bits per heavy atom. The smallest absolute Gasteiger partial charge is 0.396 e. The quantitative estimate of drug-likeness (QED) is 0.209. The highest BCUT2D eigenvalue weighted by Gasteiger charge is 2.36. The zero-order chi connectivity index (χ0) is 28.2. The first-order chi connectivity index (χ1) is 18.6. The second kappa shape index (κ2) is 11.8. The molecule has 3 heterocycles. The van der Waals surface area contributed by atoms with Gasteiger partial charge in [-0.1, -0.05) is 6.07 Å². The van der Waals surface area contributed by atoms with E-state index in [1.54, 1.807) is 29.2 Å². The zero-order valence-electron chi connectivity index (χ0n) is 20.8. The fourth-order valence-corrected chi connectivity index (χ4v) is 4.17. The Hall–Kier alpha value is -4.04. The Morgan fingerprint density at radius 1 is 1.10 bits per heavy atom. The third-order valence-corrected chi connectivity index (χ3v) is 6.19. The number of hydrogen-bond acceptors (Lipinski definition) is 8. The van der Waals surface area contributed by atoms with Gasteiger partial charge in [0, 0.05) is 42.6 Å². The van der Waals surface area contributed by atoms with Crippen molar-refractivity contribution in [2.24, 2.45) is 0 Å². The molecule has 3 aromatic heterocycles. The molecule has 0 aliphatic heterocycles. The molecule has 0 bridgehead atoms. The molecule has 0 saturated heterocycles. The van der Waals surface area contributed by atoms with Crippen molar-refractivity contribution >= 4 is 45.0 Å². The summed E-state index contributed by atoms with van der Waals surface area (Å²) in [5, 5.41) is 21.2. The van der Waals surface area contributed by atoms with E-state index >= 15 is 0 Å². The molecule has 0 spiro atoms. The maximum absolute atomic E-state index is 13.9. The largest absolute Gasteiger partial charge is 0.421 e. The standard InChI is InChI=1S/C25H24BrF3N8O2/c1-14-4-5-19(17(26)10-14)35-24-31-12-16(25(27,28)29)22(36-24)34-20-7-6-18(33-21(20)23(39)30-2)15-11-32-37(13-15)8-3-9-38/h4-7,10-13,38H,3,8-9H2,1-2H3,(H,30,39)(H2,31,34,35,36). The van der Waals surface area contributed by atoms with Gasteiger partial charge in [-0.25, -0.2) is 9.97 Å². The fourth-order valence-electron chi connectivity index (χ4n) is 3.58. The van der Waals surface area contributed by atoms with Gasteiger partial charge in [-0.15, -0.1) is 0 Å². The third-order valence-electron chi connectivity index (χ3n) is 5.53. The normalized spacial score (nSPS) is 11.4. The van der Waals surface area contributed by atoms with Gasteiger partial charge in [0.15, 0.2) is 5.69 Å². The molecule has 1 aromatic carbocycles. The van der Waals surface area contributed by atoms with Crippen molar-refractivity contribution in [3.8, 4) is 11.3 Å². The Bertz CT molecular complexity index is 1490. The molecule has 1 amide bonds. The molecule has 0 saturated carbocycles. The third kappa shape index (κ3) is 6.70. The lowest BCUT2D eigenvalue weighted by atomic mass is 10.1. The minimum absolute atomic E-state index is 0.0110. The van der Waals surface area contributed by atoms with Crippen LogP contribution in [0, 0.1) is 6.92 Å². The van der Waals surface area contributed by atoms with Crippen LogP contribution in [0.5, 0.6) is 0 Å². The number of carbonyl (C=O) groups excluding carboxylic acids is 1. The second-order valence-corrected chi connectivity index (χ2v) is 9.28. The van der Waals surface area contributed by atoms with Crippen LogP contribution < -0.4 is 16.0 Å². The lowest BCUT2D eigenvalue weighted by Crippen LogP contribution is -2.21. The van der Waals surface area contributed by atoms with E-state index in [9.17, 15) is 18.0 Å². The molecule has 0 atom stereocenters. The number of alkyl halides is 3. The van der Waals surface area contributed by atoms with E-state index < -0.39 is 23.5 Å². The molecule has 4 rings (SSSR count). The summed E-state index contributed by atoms with van der Waals surface area (Å²) in [5.74, 6) is -1.26. The number of aliphatic hydroxyl groups is 1. The van der Waals surface area contributed by atoms with Crippen LogP contribution in [0.15, 0.2) is 53.4 Å². The topological polar surface area (TPSA) is 130 Å². The number of pyridine rings is 1. The summed E-state index contributed by atoms with van der Waals surface area (Å²) in [6.45, 7) is 2.40. The highest BCUT2D eigenvalue weighted by atomic mass is 79.9. The van der Waals surface area contributed by atoms with Crippen molar-refractivity contribution in [2.75, 3.05) is 24.3 Å². The van der Waals surface area contributed by atoms with Crippen molar-refractivity contribution < 1.29 is 23.1 Å². The maximum atomic E-state index is 13.9. The van der Waals surface area contributed by atoms with Gasteiger partial charge < -0.3 is 21.1 Å². The van der Waals surface area contributed by atoms with E-state index in [-0.39, 0.29) is 23.9 Å². The van der Waals surface area contributed by atoms with Crippen LogP contribution >= 0.6 is 15.9 Å². The molecule has 39 heavy (non-hydrogen) atoms. The van der Waals surface area contributed by atoms with Crippen LogP contribution in [0.2, 0.25) is 0 Å². The van der Waals surface area contributed by atoms with E-state index in [0.717, 1.165) is 5.56 Å². The monoisotopic (exact) mass is 604 g/mol. The number of amides is 1. The molecule has 4 aromatic rings. The van der Waals surface area contributed by atoms with Gasteiger partial charge in [-0.2, -0.15) is 23.3 Å². The van der Waals surface area contributed by atoms with Crippen LogP contribution in [0.3, 0.4) is 0 Å². The summed E-state index contributed by atoms with van der Waals surface area (Å²) in [6.07, 6.45) is -0.337. The molecule has 204 valence electrons. The number of nitrogens with one attached hydrogen (secondary N) is 3. The van der Waals surface area contributed by atoms with Crippen LogP contribution in [0.25, 0.3) is 11.3 Å². The molecular formula is C25H24BrF3N8O2. The predicted octanol–water partition coefficient (Wildman–Crippen LogP) is 5.05. The summed E-state index contributed by atoms with van der Waals surface area (Å²) < 4.78 is 43.9. The van der Waals surface area contributed by atoms with Crippen molar-refractivity contribution in [1.82, 2.24) is 30.0 Å². The summed E-state index contributed by atoms with van der Waals surface area (Å²) in [7, 11) is 1.39. The fraction of sp³-hybridized carbons (Fsp3) is 0.240. The lowest BCUT2D eigenvalue weighted by Gasteiger charge is -2.17. The number of nitrogens with zero attached hydrogens (tertiary/aromatic N) is 5. The SMILES string of the molecule is CNC(=O)c1nc(-c2cnn(CCCO)c2)ccc1Nc1nc(Nc2ccc(C)cc2Br)ncc1C(F)(F)F. The number of halogens is 4. The minimum atomic E-state index is -4.77. The van der Waals surface area contributed by atoms with Crippen molar-refractivity contribution in [3.63, 3.8) is 0 Å². The Balaban J connectivity index is 1.71. The summed E-state index contributed by atoms with van der Waals surface area (Å²) in [5.41, 5.74) is 1.28. The number of benzene rings is 1. The van der Waals surface area contributed by atoms with Crippen molar-refractivity contribution in [3.05, 3.63) is 70.2 Å².